The summed E-state index contributed by atoms with van der Waals surface area (Å²) in [4.78, 5) is 47.0. The Bertz CT molecular complexity index is 2800. The lowest BCUT2D eigenvalue weighted by Gasteiger charge is -2.29. The number of aromatic nitrogens is 2. The molecule has 0 unspecified atom stereocenters. The summed E-state index contributed by atoms with van der Waals surface area (Å²) in [6.45, 7) is 6.39. The Hall–Kier alpha value is -5.09. The SMILES string of the molecule is O=C1CCCN1c1ccc2c(c1)CN(c1ncc(Cc3ccc(Br)cc3)s1)CC2.O=C1CCCN1c1ccc2c(c1)CN(c1ncc(Cc3ccc(N4CCS(=O)(=O)CC4)cc3)s1)CC2. The summed E-state index contributed by atoms with van der Waals surface area (Å²) in [6.07, 6.45) is 11.0. The summed E-state index contributed by atoms with van der Waals surface area (Å²) in [7, 11) is -2.87. The van der Waals surface area contributed by atoms with E-state index in [1.165, 1.54) is 43.1 Å². The molecule has 5 aliphatic heterocycles. The lowest BCUT2D eigenvalue weighted by molar-refractivity contribution is -0.117. The fraction of sp³-hybridized carbons (Fsp3) is 0.360. The average molecular weight is 991 g/mol. The number of nitrogens with zero attached hydrogens (tertiary/aromatic N) is 7. The highest BCUT2D eigenvalue weighted by atomic mass is 79.9. The minimum Gasteiger partial charge on any atom is -0.369 e. The Balaban J connectivity index is 0.000000157. The van der Waals surface area contributed by atoms with E-state index in [0.29, 0.717) is 25.9 Å². The number of thiazole rings is 2. The van der Waals surface area contributed by atoms with E-state index in [2.05, 4.69) is 116 Å². The molecule has 11 rings (SSSR count). The lowest BCUT2D eigenvalue weighted by Crippen LogP contribution is -2.40. The zero-order valence-corrected chi connectivity index (χ0v) is 40.4. The van der Waals surface area contributed by atoms with E-state index in [9.17, 15) is 18.0 Å². The minimum absolute atomic E-state index is 0.226. The summed E-state index contributed by atoms with van der Waals surface area (Å²) >= 11 is 7.02. The first-order valence-electron chi connectivity index (χ1n) is 22.6. The molecule has 0 atom stereocenters. The summed E-state index contributed by atoms with van der Waals surface area (Å²) in [6, 6.07) is 29.9. The third-order valence-electron chi connectivity index (χ3n) is 13.1. The summed E-state index contributed by atoms with van der Waals surface area (Å²) in [5, 5.41) is 2.13. The zero-order valence-electron chi connectivity index (χ0n) is 36.3. The molecule has 0 N–H and O–H groups in total. The van der Waals surface area contributed by atoms with Crippen LogP contribution in [0.3, 0.4) is 0 Å². The van der Waals surface area contributed by atoms with Crippen molar-refractivity contribution in [3.8, 4) is 0 Å². The standard InChI is InChI=1S/C27H30N4O3S2.C23H22BrN3OS/c32-26-2-1-10-31(26)24-8-5-21-9-11-30(19-22(21)17-24)27-28-18-25(35-27)16-20-3-6-23(7-4-20)29-12-14-36(33,34)15-13-29;24-19-6-3-16(4-7-19)12-21-14-25-23(29-21)26-11-9-17-5-8-20(13-18(17)15-26)27-10-1-2-22(27)28/h3-8,17-18H,1-2,9-16,19H2;3-8,13-14H,1-2,9-12,15H2. The normalized spacial score (nSPS) is 18.1. The van der Waals surface area contributed by atoms with E-state index in [1.807, 2.05) is 22.2 Å². The lowest BCUT2D eigenvalue weighted by atomic mass is 9.99. The maximum absolute atomic E-state index is 12.2. The van der Waals surface area contributed by atoms with Crippen LogP contribution in [0.4, 0.5) is 27.3 Å². The van der Waals surface area contributed by atoms with Crippen molar-refractivity contribution >= 4 is 87.6 Å². The molecule has 0 radical (unpaired) electrons. The summed E-state index contributed by atoms with van der Waals surface area (Å²) in [5.74, 6) is 0.938. The van der Waals surface area contributed by atoms with E-state index in [0.717, 1.165) is 110 Å². The largest absolute Gasteiger partial charge is 0.369 e. The molecule has 11 nitrogen and oxygen atoms in total. The van der Waals surface area contributed by atoms with Crippen LogP contribution in [0.25, 0.3) is 0 Å². The Kier molecular flexibility index (Phi) is 12.8. The number of fused-ring (bicyclic) bond motifs is 2. The molecule has 0 saturated carbocycles. The van der Waals surface area contributed by atoms with E-state index >= 15 is 0 Å². The van der Waals surface area contributed by atoms with Crippen molar-refractivity contribution in [3.63, 3.8) is 0 Å². The summed E-state index contributed by atoms with van der Waals surface area (Å²) < 4.78 is 24.5. The van der Waals surface area contributed by atoms with Crippen LogP contribution in [-0.4, -0.2) is 81.0 Å². The molecule has 7 heterocycles. The van der Waals surface area contributed by atoms with Crippen molar-refractivity contribution in [1.82, 2.24) is 9.97 Å². The van der Waals surface area contributed by atoms with Gasteiger partial charge in [0.15, 0.2) is 20.1 Å². The molecule has 65 heavy (non-hydrogen) atoms. The van der Waals surface area contributed by atoms with Gasteiger partial charge in [-0.25, -0.2) is 18.4 Å². The van der Waals surface area contributed by atoms with Crippen molar-refractivity contribution in [1.29, 1.82) is 0 Å². The second-order valence-electron chi connectivity index (χ2n) is 17.6. The van der Waals surface area contributed by atoms with Gasteiger partial charge < -0.3 is 24.5 Å². The number of halogens is 1. The molecule has 0 spiro atoms. The van der Waals surface area contributed by atoms with Crippen LogP contribution in [0.1, 0.15) is 68.8 Å². The van der Waals surface area contributed by atoms with Crippen molar-refractivity contribution < 1.29 is 18.0 Å². The Morgan fingerprint density at radius 2 is 0.985 bits per heavy atom. The molecule has 0 bridgehead atoms. The number of rotatable bonds is 9. The predicted molar refractivity (Wildman–Crippen MR) is 267 cm³/mol. The first kappa shape index (κ1) is 43.8. The molecule has 2 amide bonds. The van der Waals surface area contributed by atoms with Gasteiger partial charge in [-0.1, -0.05) is 52.3 Å². The van der Waals surface area contributed by atoms with Gasteiger partial charge in [-0.15, -0.1) is 22.7 Å². The number of carbonyl (C=O) groups excluding carboxylic acids is 2. The topological polar surface area (TPSA) is 110 Å². The third-order valence-corrected chi connectivity index (χ3v) is 17.4. The highest BCUT2D eigenvalue weighted by Crippen LogP contribution is 2.34. The van der Waals surface area contributed by atoms with E-state index in [4.69, 9.17) is 9.97 Å². The first-order valence-corrected chi connectivity index (χ1v) is 26.9. The Labute approximate surface area is 397 Å². The van der Waals surface area contributed by atoms with Gasteiger partial charge in [-0.05, 0) is 108 Å². The number of anilines is 5. The van der Waals surface area contributed by atoms with Gasteiger partial charge in [0, 0.05) is 122 Å². The number of sulfone groups is 1. The van der Waals surface area contributed by atoms with E-state index in [-0.39, 0.29) is 23.3 Å². The van der Waals surface area contributed by atoms with Gasteiger partial charge in [-0.2, -0.15) is 0 Å². The maximum atomic E-state index is 12.2. The molecule has 6 aromatic rings. The van der Waals surface area contributed by atoms with Crippen molar-refractivity contribution in [2.45, 2.75) is 64.5 Å². The highest BCUT2D eigenvalue weighted by molar-refractivity contribution is 9.10. The zero-order chi connectivity index (χ0) is 44.5. The predicted octanol–water partition coefficient (Wildman–Crippen LogP) is 8.84. The molecular weight excluding hydrogens is 939 g/mol. The minimum atomic E-state index is -2.87. The number of amides is 2. The maximum Gasteiger partial charge on any atom is 0.227 e. The van der Waals surface area contributed by atoms with Crippen molar-refractivity contribution in [2.75, 3.05) is 75.3 Å². The van der Waals surface area contributed by atoms with Gasteiger partial charge >= 0.3 is 0 Å². The Morgan fingerprint density at radius 3 is 1.45 bits per heavy atom. The van der Waals surface area contributed by atoms with Gasteiger partial charge in [0.25, 0.3) is 0 Å². The second-order valence-corrected chi connectivity index (χ2v) is 23.0. The number of carbonyl (C=O) groups is 2. The van der Waals surface area contributed by atoms with Crippen LogP contribution in [-0.2, 0) is 58.2 Å². The van der Waals surface area contributed by atoms with Gasteiger partial charge in [0.2, 0.25) is 11.8 Å². The molecule has 15 heteroatoms. The molecular formula is C50H52BrN7O4S3. The number of benzene rings is 4. The van der Waals surface area contributed by atoms with E-state index < -0.39 is 9.84 Å². The molecule has 3 fully saturated rings. The summed E-state index contributed by atoms with van der Waals surface area (Å²) in [5.41, 5.74) is 11.0. The van der Waals surface area contributed by atoms with Crippen LogP contribution in [0.5, 0.6) is 0 Å². The monoisotopic (exact) mass is 989 g/mol. The molecule has 2 aromatic heterocycles. The van der Waals surface area contributed by atoms with Crippen molar-refractivity contribution in [2.24, 2.45) is 0 Å². The fourth-order valence-corrected chi connectivity index (χ4v) is 12.8. The van der Waals surface area contributed by atoms with Gasteiger partial charge in [-0.3, -0.25) is 9.59 Å². The van der Waals surface area contributed by atoms with Crippen LogP contribution < -0.4 is 24.5 Å². The average Bonchev–Trinajstić information content (AvgIpc) is 4.16. The van der Waals surface area contributed by atoms with Crippen LogP contribution >= 0.6 is 38.6 Å². The molecule has 4 aromatic carbocycles. The number of hydrogen-bond donors (Lipinski definition) is 0. The van der Waals surface area contributed by atoms with Crippen molar-refractivity contribution in [3.05, 3.63) is 145 Å². The second kappa shape index (κ2) is 19.0. The third kappa shape index (κ3) is 10.2. The molecule has 0 aliphatic carbocycles. The number of hydrogen-bond acceptors (Lipinski definition) is 11. The van der Waals surface area contributed by atoms with Gasteiger partial charge in [0.1, 0.15) is 0 Å². The van der Waals surface area contributed by atoms with Crippen LogP contribution in [0, 0.1) is 0 Å². The molecule has 336 valence electrons. The quantitative estimate of drug-likeness (QED) is 0.140. The molecule has 3 saturated heterocycles. The smallest absolute Gasteiger partial charge is 0.227 e. The fourth-order valence-electron chi connectivity index (χ4n) is 9.44. The highest BCUT2D eigenvalue weighted by Gasteiger charge is 2.27. The first-order chi connectivity index (χ1) is 31.6. The van der Waals surface area contributed by atoms with Gasteiger partial charge in [0.05, 0.1) is 11.5 Å². The Morgan fingerprint density at radius 1 is 0.523 bits per heavy atom. The van der Waals surface area contributed by atoms with E-state index in [1.54, 1.807) is 22.7 Å². The molecule has 5 aliphatic rings. The van der Waals surface area contributed by atoms with Crippen LogP contribution in [0.2, 0.25) is 0 Å². The van der Waals surface area contributed by atoms with Crippen LogP contribution in [0.15, 0.2) is 102 Å².